The molecule has 1 unspecified atom stereocenters. The third kappa shape index (κ3) is 5.03. The first-order valence-electron chi connectivity index (χ1n) is 7.36. The van der Waals surface area contributed by atoms with Crippen LogP contribution in [0.25, 0.3) is 0 Å². The molecule has 0 aliphatic heterocycles. The van der Waals surface area contributed by atoms with Crippen LogP contribution in [-0.2, 0) is 32.7 Å². The Morgan fingerprint density at radius 3 is 2.23 bits per heavy atom. The molecule has 1 aromatic heterocycles. The molecule has 0 spiro atoms. The van der Waals surface area contributed by atoms with E-state index in [2.05, 4.69) is 58.4 Å². The van der Waals surface area contributed by atoms with E-state index in [9.17, 15) is 0 Å². The van der Waals surface area contributed by atoms with Gasteiger partial charge in [-0.05, 0) is 25.8 Å². The summed E-state index contributed by atoms with van der Waals surface area (Å²) in [5.41, 5.74) is 2.52. The van der Waals surface area contributed by atoms with Crippen molar-refractivity contribution >= 4 is 5.95 Å². The van der Waals surface area contributed by atoms with Crippen molar-refractivity contribution in [1.29, 1.82) is 0 Å². The maximum atomic E-state index is 4.49. The Bertz CT molecular complexity index is 596. The van der Waals surface area contributed by atoms with Crippen LogP contribution >= 0.6 is 0 Å². The van der Waals surface area contributed by atoms with Crippen molar-refractivity contribution in [2.45, 2.75) is 47.1 Å². The van der Waals surface area contributed by atoms with Gasteiger partial charge in [0.05, 0.1) is 6.04 Å². The fourth-order valence-corrected chi connectivity index (χ4v) is 2.15. The molecule has 2 aromatic rings. The van der Waals surface area contributed by atoms with Gasteiger partial charge in [0.1, 0.15) is 5.82 Å². The minimum absolute atomic E-state index is 0. The van der Waals surface area contributed by atoms with E-state index in [-0.39, 0.29) is 38.8 Å². The second kappa shape index (κ2) is 8.59. The maximum Gasteiger partial charge on any atom is 0.224 e. The van der Waals surface area contributed by atoms with Crippen LogP contribution in [0.4, 0.5) is 5.95 Å². The van der Waals surface area contributed by atoms with Gasteiger partial charge in [-0.3, -0.25) is 4.98 Å². The van der Waals surface area contributed by atoms with Crippen molar-refractivity contribution < 1.29 is 32.7 Å². The smallest absolute Gasteiger partial charge is 0.224 e. The van der Waals surface area contributed by atoms with Crippen LogP contribution in [-0.4, -0.2) is 15.0 Å². The van der Waals surface area contributed by atoms with Crippen LogP contribution in [0.1, 0.15) is 56.0 Å². The van der Waals surface area contributed by atoms with Crippen molar-refractivity contribution in [3.8, 4) is 0 Å². The molecule has 1 aromatic carbocycles. The van der Waals surface area contributed by atoms with Gasteiger partial charge in [-0.1, -0.05) is 36.8 Å². The molecular formula is C17H23N4Y-. The first-order chi connectivity index (χ1) is 9.99. The summed E-state index contributed by atoms with van der Waals surface area (Å²) in [6, 6.07) is 8.78. The van der Waals surface area contributed by atoms with E-state index < -0.39 is 0 Å². The van der Waals surface area contributed by atoms with Crippen LogP contribution < -0.4 is 5.32 Å². The van der Waals surface area contributed by atoms with E-state index in [1.807, 2.05) is 20.8 Å². The Morgan fingerprint density at radius 2 is 1.68 bits per heavy atom. The van der Waals surface area contributed by atoms with E-state index in [0.717, 1.165) is 24.0 Å². The molecule has 0 aliphatic carbocycles. The van der Waals surface area contributed by atoms with Crippen molar-refractivity contribution in [3.63, 3.8) is 0 Å². The van der Waals surface area contributed by atoms with E-state index in [0.29, 0.717) is 5.95 Å². The largest absolute Gasteiger partial charge is 0.347 e. The average Bonchev–Trinajstić information content (AvgIpc) is 2.45. The Kier molecular flexibility index (Phi) is 7.44. The van der Waals surface area contributed by atoms with E-state index in [1.54, 1.807) is 0 Å². The number of anilines is 1. The van der Waals surface area contributed by atoms with Crippen LogP contribution in [0, 0.1) is 19.8 Å². The molecule has 1 radical (unpaired) electrons. The van der Waals surface area contributed by atoms with E-state index >= 15 is 0 Å². The molecule has 115 valence electrons. The molecule has 5 heteroatoms. The normalized spacial score (nSPS) is 11.5. The summed E-state index contributed by atoms with van der Waals surface area (Å²) >= 11 is 0. The summed E-state index contributed by atoms with van der Waals surface area (Å²) in [6.07, 6.45) is 0.970. The van der Waals surface area contributed by atoms with Crippen LogP contribution in [0.5, 0.6) is 0 Å². The summed E-state index contributed by atoms with van der Waals surface area (Å²) < 4.78 is 0. The molecular weight excluding hydrogens is 349 g/mol. The van der Waals surface area contributed by atoms with Gasteiger partial charge in [-0.15, -0.1) is 0 Å². The number of hydrogen-bond acceptors (Lipinski definition) is 4. The van der Waals surface area contributed by atoms with Gasteiger partial charge in [0.15, 0.2) is 0 Å². The Balaban J connectivity index is 0.00000242. The Morgan fingerprint density at radius 1 is 1.05 bits per heavy atom. The fraction of sp³-hybridized carbons (Fsp3) is 0.412. The summed E-state index contributed by atoms with van der Waals surface area (Å²) in [6.45, 7) is 10.2. The van der Waals surface area contributed by atoms with Crippen molar-refractivity contribution in [3.05, 3.63) is 53.0 Å². The SMILES string of the molecule is CCC(Nc1nc(C)nc([C-](C)C)n1)c1ccc(C)cc1.[Y]. The zero-order valence-corrected chi connectivity index (χ0v) is 16.9. The number of nitrogens with zero attached hydrogens (tertiary/aromatic N) is 3. The number of aromatic nitrogens is 3. The number of hydrogen-bond donors (Lipinski definition) is 1. The first kappa shape index (κ1) is 19.1. The minimum Gasteiger partial charge on any atom is -0.347 e. The maximum absolute atomic E-state index is 4.49. The second-order valence-corrected chi connectivity index (χ2v) is 5.55. The van der Waals surface area contributed by atoms with Crippen molar-refractivity contribution in [2.24, 2.45) is 0 Å². The molecule has 0 aliphatic rings. The molecule has 0 fully saturated rings. The molecule has 22 heavy (non-hydrogen) atoms. The summed E-state index contributed by atoms with van der Waals surface area (Å²) in [5.74, 6) is 3.23. The molecule has 0 saturated carbocycles. The zero-order chi connectivity index (χ0) is 15.4. The summed E-state index contributed by atoms with van der Waals surface area (Å²) in [7, 11) is 0. The average molecular weight is 372 g/mol. The standard InChI is InChI=1S/C17H23N4.Y/c1-6-15(14-9-7-12(4)8-10-14)20-17-19-13(5)18-16(21-17)11(2)3;/h7-10,15H,6H2,1-5H3,(H,18,19,20,21);/q-1;. The molecule has 0 saturated heterocycles. The topological polar surface area (TPSA) is 50.7 Å². The Labute approximate surface area is 158 Å². The van der Waals surface area contributed by atoms with Gasteiger partial charge in [0.2, 0.25) is 5.95 Å². The predicted octanol–water partition coefficient (Wildman–Crippen LogP) is 4.01. The van der Waals surface area contributed by atoms with Crippen molar-refractivity contribution in [1.82, 2.24) is 15.0 Å². The summed E-state index contributed by atoms with van der Waals surface area (Å²) in [5, 5.41) is 3.42. The van der Waals surface area contributed by atoms with E-state index in [1.165, 1.54) is 11.1 Å². The minimum atomic E-state index is 0. The van der Waals surface area contributed by atoms with Gasteiger partial charge in [0, 0.05) is 38.5 Å². The van der Waals surface area contributed by atoms with Crippen molar-refractivity contribution in [2.75, 3.05) is 5.32 Å². The number of aryl methyl sites for hydroxylation is 2. The third-order valence-electron chi connectivity index (χ3n) is 3.39. The third-order valence-corrected chi connectivity index (χ3v) is 3.39. The zero-order valence-electron chi connectivity index (χ0n) is 14.0. The quantitative estimate of drug-likeness (QED) is 0.806. The van der Waals surface area contributed by atoms with Crippen LogP contribution in [0.2, 0.25) is 0 Å². The van der Waals surface area contributed by atoms with Gasteiger partial charge in [0.25, 0.3) is 0 Å². The van der Waals surface area contributed by atoms with Gasteiger partial charge < -0.3 is 11.2 Å². The Hall–Kier alpha value is -0.996. The molecule has 1 atom stereocenters. The second-order valence-electron chi connectivity index (χ2n) is 5.55. The number of nitrogens with one attached hydrogen (secondary N) is 1. The molecule has 4 nitrogen and oxygen atoms in total. The van der Waals surface area contributed by atoms with Gasteiger partial charge >= 0.3 is 0 Å². The number of benzene rings is 1. The van der Waals surface area contributed by atoms with Crippen LogP contribution in [0.3, 0.4) is 0 Å². The molecule has 1 heterocycles. The predicted molar refractivity (Wildman–Crippen MR) is 86.1 cm³/mol. The summed E-state index contributed by atoms with van der Waals surface area (Å²) in [4.78, 5) is 13.2. The molecule has 0 amide bonds. The monoisotopic (exact) mass is 372 g/mol. The molecule has 2 rings (SSSR count). The fourth-order valence-electron chi connectivity index (χ4n) is 2.15. The van der Waals surface area contributed by atoms with E-state index in [4.69, 9.17) is 0 Å². The molecule has 1 N–H and O–H groups in total. The first-order valence-corrected chi connectivity index (χ1v) is 7.36. The number of rotatable bonds is 5. The van der Waals surface area contributed by atoms with Gasteiger partial charge in [-0.2, -0.15) is 18.8 Å². The van der Waals surface area contributed by atoms with Gasteiger partial charge in [-0.25, -0.2) is 4.98 Å². The molecule has 0 bridgehead atoms. The van der Waals surface area contributed by atoms with Crippen LogP contribution in [0.15, 0.2) is 24.3 Å².